The zero-order valence-corrected chi connectivity index (χ0v) is 11.7. The van der Waals surface area contributed by atoms with Gasteiger partial charge in [-0.05, 0) is 37.0 Å². The number of nitrogens with two attached hydrogens (primary N) is 1. The summed E-state index contributed by atoms with van der Waals surface area (Å²) in [5.41, 5.74) is 7.36. The predicted octanol–water partition coefficient (Wildman–Crippen LogP) is 1.39. The normalized spacial score (nSPS) is 15.5. The van der Waals surface area contributed by atoms with Gasteiger partial charge in [-0.25, -0.2) is 0 Å². The average Bonchev–Trinajstić information content (AvgIpc) is 3.28. The van der Waals surface area contributed by atoms with Gasteiger partial charge in [0.1, 0.15) is 0 Å². The van der Waals surface area contributed by atoms with Crippen LogP contribution in [0.3, 0.4) is 0 Å². The number of hydrogen-bond donors (Lipinski definition) is 3. The Morgan fingerprint density at radius 1 is 1.40 bits per heavy atom. The summed E-state index contributed by atoms with van der Waals surface area (Å²) in [6, 6.07) is 7.03. The van der Waals surface area contributed by atoms with Crippen LogP contribution < -0.4 is 16.4 Å². The first-order valence-corrected chi connectivity index (χ1v) is 7.03. The molecule has 2 amide bonds. The molecule has 4 N–H and O–H groups in total. The molecule has 5 heteroatoms. The molecule has 0 aliphatic heterocycles. The van der Waals surface area contributed by atoms with Gasteiger partial charge in [-0.15, -0.1) is 0 Å². The molecule has 2 rings (SSSR count). The highest BCUT2D eigenvalue weighted by molar-refractivity contribution is 5.94. The number of rotatable bonds is 6. The first-order valence-electron chi connectivity index (χ1n) is 7.03. The van der Waals surface area contributed by atoms with Crippen LogP contribution in [0.1, 0.15) is 31.7 Å². The van der Waals surface area contributed by atoms with E-state index in [0.717, 1.165) is 24.1 Å². The Hall–Kier alpha value is -1.88. The van der Waals surface area contributed by atoms with Crippen LogP contribution >= 0.6 is 0 Å². The quantitative estimate of drug-likeness (QED) is 0.733. The molecule has 108 valence electrons. The molecule has 1 aromatic rings. The van der Waals surface area contributed by atoms with Crippen LogP contribution in [0.15, 0.2) is 24.3 Å². The fourth-order valence-corrected chi connectivity index (χ4v) is 1.85. The van der Waals surface area contributed by atoms with E-state index in [0.29, 0.717) is 13.0 Å². The second-order valence-corrected chi connectivity index (χ2v) is 5.20. The summed E-state index contributed by atoms with van der Waals surface area (Å²) >= 11 is 0. The Bertz CT molecular complexity index is 498. The number of hydrogen-bond acceptors (Lipinski definition) is 3. The van der Waals surface area contributed by atoms with E-state index in [9.17, 15) is 9.59 Å². The lowest BCUT2D eigenvalue weighted by atomic mass is 10.1. The van der Waals surface area contributed by atoms with Gasteiger partial charge >= 0.3 is 0 Å². The van der Waals surface area contributed by atoms with Gasteiger partial charge in [-0.2, -0.15) is 0 Å². The summed E-state index contributed by atoms with van der Waals surface area (Å²) in [4.78, 5) is 23.3. The molecule has 0 spiro atoms. The lowest BCUT2D eigenvalue weighted by Crippen LogP contribution is -2.39. The van der Waals surface area contributed by atoms with Crippen molar-refractivity contribution in [2.24, 2.45) is 11.7 Å². The Morgan fingerprint density at radius 2 is 2.15 bits per heavy atom. The molecule has 0 bridgehead atoms. The Balaban J connectivity index is 1.88. The van der Waals surface area contributed by atoms with Gasteiger partial charge < -0.3 is 16.4 Å². The van der Waals surface area contributed by atoms with Gasteiger partial charge in [0, 0.05) is 18.2 Å². The molecule has 20 heavy (non-hydrogen) atoms. The Morgan fingerprint density at radius 3 is 2.80 bits per heavy atom. The minimum Gasteiger partial charge on any atom is -0.351 e. The maximum absolute atomic E-state index is 11.7. The molecule has 5 nitrogen and oxygen atoms in total. The molecular formula is C15H21N3O2. The van der Waals surface area contributed by atoms with Crippen molar-refractivity contribution in [2.75, 3.05) is 5.32 Å². The minimum atomic E-state index is -0.465. The smallest absolute Gasteiger partial charge is 0.237 e. The summed E-state index contributed by atoms with van der Waals surface area (Å²) in [7, 11) is 0. The van der Waals surface area contributed by atoms with E-state index in [2.05, 4.69) is 10.6 Å². The van der Waals surface area contributed by atoms with Crippen molar-refractivity contribution in [3.05, 3.63) is 29.8 Å². The Labute approximate surface area is 118 Å². The van der Waals surface area contributed by atoms with Gasteiger partial charge in [-0.3, -0.25) is 9.59 Å². The number of nitrogens with one attached hydrogen (secondary N) is 2. The van der Waals surface area contributed by atoms with Crippen molar-refractivity contribution >= 4 is 17.5 Å². The maximum atomic E-state index is 11.7. The minimum absolute atomic E-state index is 0.0826. The van der Waals surface area contributed by atoms with Gasteiger partial charge in [0.05, 0.1) is 6.04 Å². The molecule has 0 aromatic heterocycles. The number of anilines is 1. The number of amides is 2. The molecule has 0 unspecified atom stereocenters. The second-order valence-electron chi connectivity index (χ2n) is 5.20. The van der Waals surface area contributed by atoms with E-state index in [1.54, 1.807) is 0 Å². The van der Waals surface area contributed by atoms with Crippen LogP contribution in [0.5, 0.6) is 0 Å². The molecule has 1 aliphatic carbocycles. The lowest BCUT2D eigenvalue weighted by molar-refractivity contribution is -0.122. The van der Waals surface area contributed by atoms with Crippen LogP contribution in [-0.4, -0.2) is 17.9 Å². The standard InChI is InChI=1S/C15H21N3O2/c1-2-13(16)15(20)17-9-10-4-3-5-12(8-10)18-14(19)11-6-7-11/h3-5,8,11,13H,2,6-7,9,16H2,1H3,(H,17,20)(H,18,19)/t13-/m0/s1. The highest BCUT2D eigenvalue weighted by atomic mass is 16.2. The maximum Gasteiger partial charge on any atom is 0.237 e. The SMILES string of the molecule is CC[C@H](N)C(=O)NCc1cccc(NC(=O)C2CC2)c1. The van der Waals surface area contributed by atoms with E-state index in [4.69, 9.17) is 5.73 Å². The highest BCUT2D eigenvalue weighted by Crippen LogP contribution is 2.30. The topological polar surface area (TPSA) is 84.2 Å². The van der Waals surface area contributed by atoms with Crippen molar-refractivity contribution in [3.8, 4) is 0 Å². The zero-order valence-electron chi connectivity index (χ0n) is 11.7. The van der Waals surface area contributed by atoms with E-state index < -0.39 is 6.04 Å². The highest BCUT2D eigenvalue weighted by Gasteiger charge is 2.29. The van der Waals surface area contributed by atoms with Crippen molar-refractivity contribution in [2.45, 2.75) is 38.8 Å². The average molecular weight is 275 g/mol. The number of benzene rings is 1. The summed E-state index contributed by atoms with van der Waals surface area (Å²) < 4.78 is 0. The fraction of sp³-hybridized carbons (Fsp3) is 0.467. The number of carbonyl (C=O) groups excluding carboxylic acids is 2. The van der Waals surface area contributed by atoms with Crippen LogP contribution in [0.25, 0.3) is 0 Å². The van der Waals surface area contributed by atoms with Crippen LogP contribution in [0.4, 0.5) is 5.69 Å². The molecule has 1 aliphatic rings. The van der Waals surface area contributed by atoms with Crippen molar-refractivity contribution < 1.29 is 9.59 Å². The largest absolute Gasteiger partial charge is 0.351 e. The fourth-order valence-electron chi connectivity index (χ4n) is 1.85. The summed E-state index contributed by atoms with van der Waals surface area (Å²) in [5.74, 6) is 0.111. The van der Waals surface area contributed by atoms with Crippen molar-refractivity contribution in [1.82, 2.24) is 5.32 Å². The van der Waals surface area contributed by atoms with E-state index >= 15 is 0 Å². The Kier molecular flexibility index (Phi) is 4.74. The molecule has 0 saturated heterocycles. The van der Waals surface area contributed by atoms with Crippen LogP contribution in [-0.2, 0) is 16.1 Å². The van der Waals surface area contributed by atoms with Crippen molar-refractivity contribution in [3.63, 3.8) is 0 Å². The third-order valence-electron chi connectivity index (χ3n) is 3.39. The van der Waals surface area contributed by atoms with Crippen molar-refractivity contribution in [1.29, 1.82) is 0 Å². The lowest BCUT2D eigenvalue weighted by Gasteiger charge is -2.11. The van der Waals surface area contributed by atoms with Gasteiger partial charge in [0.2, 0.25) is 11.8 Å². The molecule has 1 saturated carbocycles. The van der Waals surface area contributed by atoms with E-state index in [1.165, 1.54) is 0 Å². The van der Waals surface area contributed by atoms with E-state index in [1.807, 2.05) is 31.2 Å². The molecule has 0 radical (unpaired) electrons. The zero-order chi connectivity index (χ0) is 14.5. The van der Waals surface area contributed by atoms with Gasteiger partial charge in [0.15, 0.2) is 0 Å². The molecule has 1 fully saturated rings. The van der Waals surface area contributed by atoms with Gasteiger partial charge in [0.25, 0.3) is 0 Å². The second kappa shape index (κ2) is 6.52. The van der Waals surface area contributed by atoms with E-state index in [-0.39, 0.29) is 17.7 Å². The van der Waals surface area contributed by atoms with Gasteiger partial charge in [-0.1, -0.05) is 19.1 Å². The molecule has 1 atom stereocenters. The first-order chi connectivity index (χ1) is 9.60. The molecular weight excluding hydrogens is 254 g/mol. The first kappa shape index (κ1) is 14.5. The monoisotopic (exact) mass is 275 g/mol. The molecule has 1 aromatic carbocycles. The predicted molar refractivity (Wildman–Crippen MR) is 77.9 cm³/mol. The summed E-state index contributed by atoms with van der Waals surface area (Å²) in [5, 5.41) is 5.68. The third kappa shape index (κ3) is 4.06. The third-order valence-corrected chi connectivity index (χ3v) is 3.39. The summed E-state index contributed by atoms with van der Waals surface area (Å²) in [6.45, 7) is 2.29. The number of carbonyl (C=O) groups is 2. The molecule has 0 heterocycles. The summed E-state index contributed by atoms with van der Waals surface area (Å²) in [6.07, 6.45) is 2.58. The van der Waals surface area contributed by atoms with Crippen LogP contribution in [0.2, 0.25) is 0 Å². The van der Waals surface area contributed by atoms with Crippen LogP contribution in [0, 0.1) is 5.92 Å².